The van der Waals surface area contributed by atoms with Crippen LogP contribution in [0, 0.1) is 5.92 Å². The molecule has 0 saturated carbocycles. The summed E-state index contributed by atoms with van der Waals surface area (Å²) in [7, 11) is 0. The lowest BCUT2D eigenvalue weighted by Crippen LogP contribution is -2.61. The molecule has 2 heterocycles. The van der Waals surface area contributed by atoms with E-state index in [0.717, 1.165) is 6.42 Å². The zero-order valence-corrected chi connectivity index (χ0v) is 21.3. The van der Waals surface area contributed by atoms with Gasteiger partial charge in [0.1, 0.15) is 17.0 Å². The van der Waals surface area contributed by atoms with Crippen molar-refractivity contribution >= 4 is 12.0 Å². The van der Waals surface area contributed by atoms with E-state index in [0.29, 0.717) is 24.5 Å². The SMILES string of the molecule is CCN(C(=O)OC(C)(C)C)C1=C2NC(=O)C(C)(N3CC[C@H](c4ccccc4)[C@@H](N)C3)C2CC(F)=C1. The van der Waals surface area contributed by atoms with E-state index in [2.05, 4.69) is 22.3 Å². The quantitative estimate of drug-likeness (QED) is 0.674. The van der Waals surface area contributed by atoms with Crippen molar-refractivity contribution < 1.29 is 18.7 Å². The third-order valence-electron chi connectivity index (χ3n) is 7.47. The molecule has 2 amide bonds. The number of nitrogens with one attached hydrogen (secondary N) is 1. The molecule has 0 bridgehead atoms. The number of nitrogens with zero attached hydrogens (tertiary/aromatic N) is 2. The smallest absolute Gasteiger partial charge is 0.414 e. The van der Waals surface area contributed by atoms with E-state index in [4.69, 9.17) is 10.5 Å². The Hall–Kier alpha value is -2.71. The van der Waals surface area contributed by atoms with Crippen LogP contribution in [-0.4, -0.2) is 58.6 Å². The number of hydrogen-bond acceptors (Lipinski definition) is 5. The highest BCUT2D eigenvalue weighted by atomic mass is 19.1. The number of allylic oxidation sites excluding steroid dienone is 2. The number of ether oxygens (including phenoxy) is 1. The minimum absolute atomic E-state index is 0.0911. The van der Waals surface area contributed by atoms with Crippen LogP contribution in [0.5, 0.6) is 0 Å². The van der Waals surface area contributed by atoms with Crippen molar-refractivity contribution in [3.8, 4) is 0 Å². The van der Waals surface area contributed by atoms with Gasteiger partial charge in [0.05, 0.1) is 5.70 Å². The summed E-state index contributed by atoms with van der Waals surface area (Å²) < 4.78 is 20.6. The molecule has 3 aliphatic rings. The Bertz CT molecular complexity index is 1050. The molecular formula is C27H37FN4O3. The van der Waals surface area contributed by atoms with Gasteiger partial charge < -0.3 is 15.8 Å². The zero-order chi connectivity index (χ0) is 25.5. The normalized spacial score (nSPS) is 29.4. The van der Waals surface area contributed by atoms with Gasteiger partial charge in [-0.3, -0.25) is 14.6 Å². The molecule has 2 aliphatic heterocycles. The summed E-state index contributed by atoms with van der Waals surface area (Å²) in [5.41, 5.74) is 7.09. The van der Waals surface area contributed by atoms with Gasteiger partial charge in [-0.1, -0.05) is 30.3 Å². The molecule has 7 nitrogen and oxygen atoms in total. The van der Waals surface area contributed by atoms with Crippen LogP contribution in [0.15, 0.2) is 53.6 Å². The third kappa shape index (κ3) is 4.74. The van der Waals surface area contributed by atoms with Gasteiger partial charge in [0.15, 0.2) is 0 Å². The molecule has 0 aromatic heterocycles. The average Bonchev–Trinajstić information content (AvgIpc) is 3.05. The number of likely N-dealkylation sites (tertiary alicyclic amines) is 1. The van der Waals surface area contributed by atoms with Crippen molar-refractivity contribution in [2.75, 3.05) is 19.6 Å². The molecule has 2 unspecified atom stereocenters. The second kappa shape index (κ2) is 9.39. The predicted molar refractivity (Wildman–Crippen MR) is 133 cm³/mol. The number of fused-ring (bicyclic) bond motifs is 1. The van der Waals surface area contributed by atoms with Gasteiger partial charge >= 0.3 is 6.09 Å². The Labute approximate surface area is 207 Å². The van der Waals surface area contributed by atoms with E-state index in [1.165, 1.54) is 16.5 Å². The van der Waals surface area contributed by atoms with Crippen molar-refractivity contribution in [2.24, 2.45) is 11.7 Å². The van der Waals surface area contributed by atoms with Crippen LogP contribution in [0.1, 0.15) is 58.9 Å². The van der Waals surface area contributed by atoms with Crippen LogP contribution >= 0.6 is 0 Å². The Morgan fingerprint density at radius 3 is 2.60 bits per heavy atom. The van der Waals surface area contributed by atoms with Gasteiger partial charge in [-0.25, -0.2) is 9.18 Å². The van der Waals surface area contributed by atoms with E-state index in [-0.39, 0.29) is 36.7 Å². The highest BCUT2D eigenvalue weighted by Crippen LogP contribution is 2.46. The number of carbonyl (C=O) groups is 2. The Kier molecular flexibility index (Phi) is 6.81. The molecule has 1 aliphatic carbocycles. The third-order valence-corrected chi connectivity index (χ3v) is 7.47. The molecule has 190 valence electrons. The molecule has 4 rings (SSSR count). The zero-order valence-electron chi connectivity index (χ0n) is 21.3. The first kappa shape index (κ1) is 25.4. The first-order valence-corrected chi connectivity index (χ1v) is 12.4. The number of piperidine rings is 1. The second-order valence-electron chi connectivity index (χ2n) is 10.9. The number of hydrogen-bond donors (Lipinski definition) is 2. The number of rotatable bonds is 4. The molecular weight excluding hydrogens is 447 g/mol. The maximum absolute atomic E-state index is 15.0. The summed E-state index contributed by atoms with van der Waals surface area (Å²) in [5, 5.41) is 3.00. The maximum atomic E-state index is 15.0. The average molecular weight is 485 g/mol. The summed E-state index contributed by atoms with van der Waals surface area (Å²) in [6.07, 6.45) is 1.68. The van der Waals surface area contributed by atoms with Gasteiger partial charge in [0.25, 0.3) is 0 Å². The second-order valence-corrected chi connectivity index (χ2v) is 10.9. The molecule has 3 N–H and O–H groups in total. The fourth-order valence-electron chi connectivity index (χ4n) is 5.62. The van der Waals surface area contributed by atoms with Crippen LogP contribution < -0.4 is 11.1 Å². The van der Waals surface area contributed by atoms with E-state index >= 15 is 4.39 Å². The van der Waals surface area contributed by atoms with Crippen LogP contribution in [0.2, 0.25) is 0 Å². The largest absolute Gasteiger partial charge is 0.443 e. The lowest BCUT2D eigenvalue weighted by Gasteiger charge is -2.46. The van der Waals surface area contributed by atoms with E-state index in [1.807, 2.05) is 25.1 Å². The van der Waals surface area contributed by atoms with Crippen molar-refractivity contribution in [3.05, 3.63) is 59.2 Å². The molecule has 1 aromatic carbocycles. The summed E-state index contributed by atoms with van der Waals surface area (Å²) >= 11 is 0. The van der Waals surface area contributed by atoms with Gasteiger partial charge in [-0.15, -0.1) is 0 Å². The topological polar surface area (TPSA) is 87.9 Å². The first-order valence-electron chi connectivity index (χ1n) is 12.4. The van der Waals surface area contributed by atoms with Crippen LogP contribution in [0.3, 0.4) is 0 Å². The molecule has 2 saturated heterocycles. The molecule has 8 heteroatoms. The lowest BCUT2D eigenvalue weighted by atomic mass is 9.77. The van der Waals surface area contributed by atoms with Crippen LogP contribution in [-0.2, 0) is 9.53 Å². The minimum atomic E-state index is -0.973. The highest BCUT2D eigenvalue weighted by Gasteiger charge is 2.56. The summed E-state index contributed by atoms with van der Waals surface area (Å²) in [4.78, 5) is 29.9. The van der Waals surface area contributed by atoms with Gasteiger partial charge in [-0.2, -0.15) is 0 Å². The predicted octanol–water partition coefficient (Wildman–Crippen LogP) is 4.03. The van der Waals surface area contributed by atoms with E-state index in [1.54, 1.807) is 27.7 Å². The molecule has 0 spiro atoms. The van der Waals surface area contributed by atoms with Crippen molar-refractivity contribution in [1.82, 2.24) is 15.1 Å². The summed E-state index contributed by atoms with van der Waals surface area (Å²) in [6, 6.07) is 10.0. The molecule has 35 heavy (non-hydrogen) atoms. The molecule has 2 fully saturated rings. The van der Waals surface area contributed by atoms with Crippen molar-refractivity contribution in [2.45, 2.75) is 70.6 Å². The maximum Gasteiger partial charge on any atom is 0.414 e. The minimum Gasteiger partial charge on any atom is -0.443 e. The molecule has 4 atom stereocenters. The van der Waals surface area contributed by atoms with Gasteiger partial charge in [0.2, 0.25) is 5.91 Å². The summed E-state index contributed by atoms with van der Waals surface area (Å²) in [6.45, 7) is 10.5. The van der Waals surface area contributed by atoms with Crippen LogP contribution in [0.4, 0.5) is 9.18 Å². The summed E-state index contributed by atoms with van der Waals surface area (Å²) in [5.74, 6) is -0.797. The number of nitrogens with two attached hydrogens (primary N) is 1. The number of likely N-dealkylation sites (N-methyl/N-ethyl adjacent to an activating group) is 1. The van der Waals surface area contributed by atoms with E-state index in [9.17, 15) is 9.59 Å². The molecule has 0 radical (unpaired) electrons. The Morgan fingerprint density at radius 1 is 1.31 bits per heavy atom. The molecule has 1 aromatic rings. The highest BCUT2D eigenvalue weighted by molar-refractivity contribution is 5.92. The number of amides is 2. The Morgan fingerprint density at radius 2 is 2.00 bits per heavy atom. The lowest BCUT2D eigenvalue weighted by molar-refractivity contribution is -0.131. The monoisotopic (exact) mass is 484 g/mol. The van der Waals surface area contributed by atoms with Crippen molar-refractivity contribution in [3.63, 3.8) is 0 Å². The standard InChI is InChI=1S/C27H37FN4O3/c1-6-32(25(34)35-26(2,3)4)22-15-18(28)14-20-23(22)30-24(33)27(20,5)31-13-12-19(21(29)16-31)17-10-8-7-9-11-17/h7-11,15,19-21H,6,12-14,16,29H2,1-5H3,(H,30,33)/t19-,20?,21+,27?/m1/s1. The van der Waals surface area contributed by atoms with Crippen LogP contribution in [0.25, 0.3) is 0 Å². The first-order chi connectivity index (χ1) is 16.5. The van der Waals surface area contributed by atoms with Gasteiger partial charge in [0, 0.05) is 43.1 Å². The fourth-order valence-corrected chi connectivity index (χ4v) is 5.62. The number of halogens is 1. The van der Waals surface area contributed by atoms with Gasteiger partial charge in [-0.05, 0) is 59.2 Å². The van der Waals surface area contributed by atoms with Crippen molar-refractivity contribution in [1.29, 1.82) is 0 Å². The number of benzene rings is 1. The fraction of sp³-hybridized carbons (Fsp3) is 0.556. The van der Waals surface area contributed by atoms with E-state index < -0.39 is 23.2 Å². The Balaban J connectivity index is 1.63. The number of carbonyl (C=O) groups excluding carboxylic acids is 2.